The lowest BCUT2D eigenvalue weighted by Gasteiger charge is -2.33. The summed E-state index contributed by atoms with van der Waals surface area (Å²) in [6, 6.07) is 15.5. The monoisotopic (exact) mass is 401 g/mol. The lowest BCUT2D eigenvalue weighted by molar-refractivity contribution is -0.131. The highest BCUT2D eigenvalue weighted by molar-refractivity contribution is 5.98. The Morgan fingerprint density at radius 2 is 1.47 bits per heavy atom. The second-order valence-corrected chi connectivity index (χ2v) is 8.24. The first-order valence-corrected chi connectivity index (χ1v) is 10.4. The number of carbonyl (C=O) groups is 1. The van der Waals surface area contributed by atoms with Gasteiger partial charge >= 0.3 is 0 Å². The third-order valence-electron chi connectivity index (χ3n) is 5.59. The van der Waals surface area contributed by atoms with Gasteiger partial charge in [0, 0.05) is 34.4 Å². The van der Waals surface area contributed by atoms with Crippen LogP contribution in [0.15, 0.2) is 78.1 Å². The normalized spacial score (nSPS) is 16.8. The second-order valence-electron chi connectivity index (χ2n) is 8.24. The van der Waals surface area contributed by atoms with Crippen molar-refractivity contribution in [3.05, 3.63) is 89.2 Å². The summed E-state index contributed by atoms with van der Waals surface area (Å²) in [5, 5.41) is 11.5. The summed E-state index contributed by atoms with van der Waals surface area (Å²) < 4.78 is 6.04. The maximum Gasteiger partial charge on any atom is 0.251 e. The number of aliphatic hydroxyl groups is 1. The maximum atomic E-state index is 13.4. The minimum Gasteiger partial charge on any atom is -0.511 e. The highest BCUT2D eigenvalue weighted by Gasteiger charge is 2.34. The van der Waals surface area contributed by atoms with Crippen molar-refractivity contribution in [1.29, 1.82) is 0 Å². The summed E-state index contributed by atoms with van der Waals surface area (Å²) in [7, 11) is 0. The molecule has 1 aliphatic heterocycles. The highest BCUT2D eigenvalue weighted by Crippen LogP contribution is 2.46. The molecule has 0 bridgehead atoms. The molecule has 1 atom stereocenters. The number of allylic oxidation sites excluding steroid dienone is 3. The Morgan fingerprint density at radius 3 is 2.00 bits per heavy atom. The van der Waals surface area contributed by atoms with Gasteiger partial charge in [-0.3, -0.25) is 4.79 Å². The summed E-state index contributed by atoms with van der Waals surface area (Å²) in [5.74, 6) is 1.02. The van der Waals surface area contributed by atoms with E-state index in [0.717, 1.165) is 11.1 Å². The van der Waals surface area contributed by atoms with Crippen LogP contribution in [0, 0.1) is 5.92 Å². The van der Waals surface area contributed by atoms with Gasteiger partial charge in [0.1, 0.15) is 17.3 Å². The molecule has 0 spiro atoms. The predicted octanol–water partition coefficient (Wildman–Crippen LogP) is 5.87. The first-order valence-electron chi connectivity index (χ1n) is 10.4. The zero-order valence-electron chi connectivity index (χ0n) is 17.8. The van der Waals surface area contributed by atoms with Gasteiger partial charge in [0.2, 0.25) is 0 Å². The van der Waals surface area contributed by atoms with Gasteiger partial charge in [-0.25, -0.2) is 0 Å². The third-order valence-corrected chi connectivity index (χ3v) is 5.59. The van der Waals surface area contributed by atoms with Crippen LogP contribution in [-0.4, -0.2) is 28.0 Å². The van der Waals surface area contributed by atoms with Crippen molar-refractivity contribution >= 4 is 11.5 Å². The quantitative estimate of drug-likeness (QED) is 0.557. The Labute approximate surface area is 177 Å². The molecule has 2 aliphatic rings. The van der Waals surface area contributed by atoms with E-state index in [1.807, 2.05) is 99.4 Å². The van der Waals surface area contributed by atoms with Gasteiger partial charge in [0.15, 0.2) is 0 Å². The number of aliphatic hydroxyl groups excluding tert-OH is 1. The topological polar surface area (TPSA) is 49.8 Å². The van der Waals surface area contributed by atoms with Gasteiger partial charge in [-0.05, 0) is 39.8 Å². The molecule has 0 saturated carbocycles. The highest BCUT2D eigenvalue weighted by atomic mass is 16.5. The lowest BCUT2D eigenvalue weighted by Crippen LogP contribution is -2.43. The summed E-state index contributed by atoms with van der Waals surface area (Å²) >= 11 is 0. The minimum absolute atomic E-state index is 0.0456. The molecule has 0 radical (unpaired) electrons. The average molecular weight is 402 g/mol. The van der Waals surface area contributed by atoms with Crippen LogP contribution >= 0.6 is 0 Å². The van der Waals surface area contributed by atoms with E-state index in [-0.39, 0.29) is 23.8 Å². The molecule has 1 amide bonds. The largest absolute Gasteiger partial charge is 0.511 e. The summed E-state index contributed by atoms with van der Waals surface area (Å²) in [6.07, 6.45) is 5.55. The molecule has 2 aromatic rings. The van der Waals surface area contributed by atoms with Crippen LogP contribution in [0.1, 0.15) is 38.8 Å². The molecule has 4 nitrogen and oxygen atoms in total. The molecular formula is C26H27NO3. The lowest BCUT2D eigenvalue weighted by atomic mass is 9.87. The Kier molecular flexibility index (Phi) is 5.25. The van der Waals surface area contributed by atoms with Crippen LogP contribution < -0.4 is 4.74 Å². The van der Waals surface area contributed by atoms with E-state index in [1.54, 1.807) is 0 Å². The molecule has 154 valence electrons. The molecule has 4 rings (SSSR count). The molecule has 30 heavy (non-hydrogen) atoms. The molecule has 1 aliphatic carbocycles. The van der Waals surface area contributed by atoms with Crippen molar-refractivity contribution in [3.63, 3.8) is 0 Å². The van der Waals surface area contributed by atoms with Crippen molar-refractivity contribution in [1.82, 2.24) is 4.90 Å². The van der Waals surface area contributed by atoms with Crippen LogP contribution in [0.2, 0.25) is 0 Å². The predicted molar refractivity (Wildman–Crippen MR) is 119 cm³/mol. The third kappa shape index (κ3) is 3.32. The summed E-state index contributed by atoms with van der Waals surface area (Å²) in [5.41, 5.74) is 2.95. The van der Waals surface area contributed by atoms with Gasteiger partial charge in [0.05, 0.1) is 5.92 Å². The van der Waals surface area contributed by atoms with Crippen molar-refractivity contribution in [3.8, 4) is 11.5 Å². The van der Waals surface area contributed by atoms with E-state index in [2.05, 4.69) is 0 Å². The van der Waals surface area contributed by atoms with Crippen molar-refractivity contribution in [2.75, 3.05) is 0 Å². The molecule has 1 N–H and O–H groups in total. The van der Waals surface area contributed by atoms with Gasteiger partial charge in [-0.1, -0.05) is 54.6 Å². The van der Waals surface area contributed by atoms with E-state index in [4.69, 9.17) is 4.74 Å². The van der Waals surface area contributed by atoms with E-state index < -0.39 is 5.92 Å². The van der Waals surface area contributed by atoms with Crippen LogP contribution in [-0.2, 0) is 4.79 Å². The Morgan fingerprint density at radius 1 is 0.933 bits per heavy atom. The first-order chi connectivity index (χ1) is 14.4. The molecule has 0 aromatic heterocycles. The summed E-state index contributed by atoms with van der Waals surface area (Å²) in [4.78, 5) is 15.2. The van der Waals surface area contributed by atoms with Gasteiger partial charge < -0.3 is 14.7 Å². The number of hydrogen-bond acceptors (Lipinski definition) is 3. The number of benzene rings is 2. The SMILES string of the molecule is CC(C)N(C(=O)C1=CC=CC1C(O)=C1c2ccccc2Oc2ccccc21)C(C)C. The molecule has 0 saturated heterocycles. The maximum absolute atomic E-state index is 13.4. The van der Waals surface area contributed by atoms with Crippen LogP contribution in [0.3, 0.4) is 0 Å². The van der Waals surface area contributed by atoms with Crippen molar-refractivity contribution < 1.29 is 14.6 Å². The number of carbonyl (C=O) groups excluding carboxylic acids is 1. The van der Waals surface area contributed by atoms with E-state index >= 15 is 0 Å². The zero-order chi connectivity index (χ0) is 21.4. The van der Waals surface area contributed by atoms with Crippen molar-refractivity contribution in [2.45, 2.75) is 39.8 Å². The van der Waals surface area contributed by atoms with Crippen molar-refractivity contribution in [2.24, 2.45) is 5.92 Å². The minimum atomic E-state index is -0.494. The molecular weight excluding hydrogens is 374 g/mol. The number of para-hydroxylation sites is 2. The molecule has 0 fully saturated rings. The second kappa shape index (κ2) is 7.86. The Hall–Kier alpha value is -3.27. The first kappa shape index (κ1) is 20.0. The Balaban J connectivity index is 1.82. The van der Waals surface area contributed by atoms with Gasteiger partial charge in [-0.15, -0.1) is 0 Å². The zero-order valence-corrected chi connectivity index (χ0v) is 17.8. The Bertz CT molecular complexity index is 1020. The standard InChI is InChI=1S/C26H27NO3/c1-16(2)27(17(3)4)26(29)19-13-9-12-18(19)25(28)24-20-10-5-7-14-22(20)30-23-15-8-6-11-21(23)24/h5-18,28H,1-4H3. The van der Waals surface area contributed by atoms with Crippen LogP contribution in [0.25, 0.3) is 5.57 Å². The van der Waals surface area contributed by atoms with E-state index in [9.17, 15) is 9.90 Å². The van der Waals surface area contributed by atoms with Gasteiger partial charge in [0.25, 0.3) is 5.91 Å². The number of rotatable bonds is 4. The van der Waals surface area contributed by atoms with Crippen LogP contribution in [0.5, 0.6) is 11.5 Å². The molecule has 1 heterocycles. The number of hydrogen-bond donors (Lipinski definition) is 1. The fraction of sp³-hybridized carbons (Fsp3) is 0.269. The van der Waals surface area contributed by atoms with E-state index in [0.29, 0.717) is 22.6 Å². The fourth-order valence-corrected chi connectivity index (χ4v) is 4.35. The number of nitrogens with zero attached hydrogens (tertiary/aromatic N) is 1. The average Bonchev–Trinajstić information content (AvgIpc) is 3.21. The molecule has 2 aromatic carbocycles. The number of ether oxygens (including phenoxy) is 1. The van der Waals surface area contributed by atoms with Crippen LogP contribution in [0.4, 0.5) is 0 Å². The number of amides is 1. The smallest absolute Gasteiger partial charge is 0.251 e. The van der Waals surface area contributed by atoms with Gasteiger partial charge in [-0.2, -0.15) is 0 Å². The molecule has 4 heteroatoms. The molecule has 1 unspecified atom stereocenters. The number of fused-ring (bicyclic) bond motifs is 2. The van der Waals surface area contributed by atoms with E-state index in [1.165, 1.54) is 0 Å². The fourth-order valence-electron chi connectivity index (χ4n) is 4.35. The summed E-state index contributed by atoms with van der Waals surface area (Å²) in [6.45, 7) is 8.05.